The Bertz CT molecular complexity index is 294. The van der Waals surface area contributed by atoms with E-state index in [1.165, 1.54) is 17.8 Å². The zero-order chi connectivity index (χ0) is 9.97. The SMILES string of the molecule is CSCCC(N)c1csc(C2CC2)n1. The molecule has 1 aromatic rings. The molecule has 1 saturated carbocycles. The van der Waals surface area contributed by atoms with Crippen molar-refractivity contribution in [2.24, 2.45) is 5.73 Å². The largest absolute Gasteiger partial charge is 0.323 e. The molecule has 0 aromatic carbocycles. The lowest BCUT2D eigenvalue weighted by molar-refractivity contribution is 0.683. The van der Waals surface area contributed by atoms with Crippen LogP contribution >= 0.6 is 23.1 Å². The summed E-state index contributed by atoms with van der Waals surface area (Å²) in [7, 11) is 0. The minimum absolute atomic E-state index is 0.145. The van der Waals surface area contributed by atoms with Crippen LogP contribution in [0.15, 0.2) is 5.38 Å². The molecule has 14 heavy (non-hydrogen) atoms. The summed E-state index contributed by atoms with van der Waals surface area (Å²) in [4.78, 5) is 4.61. The molecule has 1 aromatic heterocycles. The Morgan fingerprint density at radius 2 is 2.50 bits per heavy atom. The first-order chi connectivity index (χ1) is 6.81. The van der Waals surface area contributed by atoms with Crippen LogP contribution < -0.4 is 5.73 Å². The number of thiazole rings is 1. The summed E-state index contributed by atoms with van der Waals surface area (Å²) in [6.45, 7) is 0. The first-order valence-electron chi connectivity index (χ1n) is 5.01. The first kappa shape index (κ1) is 10.5. The Kier molecular flexibility index (Phi) is 3.47. The van der Waals surface area contributed by atoms with E-state index in [-0.39, 0.29) is 6.04 Å². The smallest absolute Gasteiger partial charge is 0.0959 e. The molecule has 2 nitrogen and oxygen atoms in total. The molecule has 1 atom stereocenters. The highest BCUT2D eigenvalue weighted by molar-refractivity contribution is 7.98. The van der Waals surface area contributed by atoms with E-state index < -0.39 is 0 Å². The predicted octanol–water partition coefficient (Wildman–Crippen LogP) is 2.77. The minimum Gasteiger partial charge on any atom is -0.323 e. The molecule has 1 fully saturated rings. The van der Waals surface area contributed by atoms with Crippen LogP contribution in [0.4, 0.5) is 0 Å². The van der Waals surface area contributed by atoms with Crippen molar-refractivity contribution < 1.29 is 0 Å². The van der Waals surface area contributed by atoms with Gasteiger partial charge >= 0.3 is 0 Å². The van der Waals surface area contributed by atoms with E-state index in [1.807, 2.05) is 11.8 Å². The maximum Gasteiger partial charge on any atom is 0.0959 e. The Morgan fingerprint density at radius 3 is 3.14 bits per heavy atom. The van der Waals surface area contributed by atoms with E-state index in [0.29, 0.717) is 0 Å². The second-order valence-electron chi connectivity index (χ2n) is 3.77. The molecular formula is C10H16N2S2. The number of rotatable bonds is 5. The second kappa shape index (κ2) is 4.64. The maximum atomic E-state index is 6.05. The number of aromatic nitrogens is 1. The third-order valence-corrected chi connectivity index (χ3v) is 4.15. The Labute approximate surface area is 93.3 Å². The number of hydrogen-bond acceptors (Lipinski definition) is 4. The summed E-state index contributed by atoms with van der Waals surface area (Å²) in [6, 6.07) is 0.145. The maximum absolute atomic E-state index is 6.05. The fraction of sp³-hybridized carbons (Fsp3) is 0.700. The summed E-state index contributed by atoms with van der Waals surface area (Å²) in [5.41, 5.74) is 7.15. The zero-order valence-corrected chi connectivity index (χ0v) is 10.0. The molecule has 0 bridgehead atoms. The quantitative estimate of drug-likeness (QED) is 0.842. The van der Waals surface area contributed by atoms with Crippen molar-refractivity contribution in [1.82, 2.24) is 4.98 Å². The van der Waals surface area contributed by atoms with Crippen LogP contribution in [-0.4, -0.2) is 17.0 Å². The molecule has 1 aliphatic carbocycles. The van der Waals surface area contributed by atoms with Gasteiger partial charge < -0.3 is 5.73 Å². The molecule has 0 aliphatic heterocycles. The van der Waals surface area contributed by atoms with E-state index in [4.69, 9.17) is 5.73 Å². The van der Waals surface area contributed by atoms with Crippen molar-refractivity contribution in [3.63, 3.8) is 0 Å². The molecule has 0 saturated heterocycles. The van der Waals surface area contributed by atoms with Crippen LogP contribution in [0.2, 0.25) is 0 Å². The van der Waals surface area contributed by atoms with Crippen LogP contribution in [0.1, 0.15) is 41.9 Å². The van der Waals surface area contributed by atoms with E-state index in [2.05, 4.69) is 16.6 Å². The van der Waals surface area contributed by atoms with Gasteiger partial charge in [0.15, 0.2) is 0 Å². The van der Waals surface area contributed by atoms with Gasteiger partial charge in [-0.15, -0.1) is 11.3 Å². The molecule has 1 unspecified atom stereocenters. The first-order valence-corrected chi connectivity index (χ1v) is 7.28. The lowest BCUT2D eigenvalue weighted by Gasteiger charge is -2.06. The zero-order valence-electron chi connectivity index (χ0n) is 8.40. The molecule has 78 valence electrons. The van der Waals surface area contributed by atoms with E-state index in [9.17, 15) is 0 Å². The van der Waals surface area contributed by atoms with Gasteiger partial charge in [-0.25, -0.2) is 4.98 Å². The van der Waals surface area contributed by atoms with Crippen LogP contribution in [0.5, 0.6) is 0 Å². The summed E-state index contributed by atoms with van der Waals surface area (Å²) < 4.78 is 0. The van der Waals surface area contributed by atoms with E-state index in [0.717, 1.165) is 23.8 Å². The molecule has 4 heteroatoms. The molecule has 0 spiro atoms. The number of thioether (sulfide) groups is 1. The normalized spacial score (nSPS) is 18.4. The standard InChI is InChI=1S/C10H16N2S2/c1-13-5-4-8(11)9-6-14-10(12-9)7-2-3-7/h6-8H,2-5,11H2,1H3. The Hall–Kier alpha value is -0.0600. The van der Waals surface area contributed by atoms with Gasteiger partial charge in [-0.1, -0.05) is 0 Å². The third kappa shape index (κ3) is 2.49. The molecular weight excluding hydrogens is 212 g/mol. The Balaban J connectivity index is 1.93. The average Bonchev–Trinajstić information content (AvgIpc) is 2.93. The van der Waals surface area contributed by atoms with Crippen LogP contribution in [0.25, 0.3) is 0 Å². The lowest BCUT2D eigenvalue weighted by Crippen LogP contribution is -2.11. The summed E-state index contributed by atoms with van der Waals surface area (Å²) in [5, 5.41) is 3.44. The van der Waals surface area contributed by atoms with Gasteiger partial charge in [0, 0.05) is 17.3 Å². The van der Waals surface area contributed by atoms with E-state index >= 15 is 0 Å². The molecule has 0 amide bonds. The monoisotopic (exact) mass is 228 g/mol. The van der Waals surface area contributed by atoms with Crippen molar-refractivity contribution in [3.05, 3.63) is 16.1 Å². The number of hydrogen-bond donors (Lipinski definition) is 1. The molecule has 1 aliphatic rings. The van der Waals surface area contributed by atoms with Gasteiger partial charge in [-0.2, -0.15) is 11.8 Å². The highest BCUT2D eigenvalue weighted by atomic mass is 32.2. The predicted molar refractivity (Wildman–Crippen MR) is 64.0 cm³/mol. The highest BCUT2D eigenvalue weighted by Crippen LogP contribution is 2.41. The van der Waals surface area contributed by atoms with Crippen molar-refractivity contribution in [3.8, 4) is 0 Å². The van der Waals surface area contributed by atoms with Crippen LogP contribution in [0, 0.1) is 0 Å². The molecule has 1 heterocycles. The topological polar surface area (TPSA) is 38.9 Å². The summed E-state index contributed by atoms with van der Waals surface area (Å²) in [5.74, 6) is 1.89. The second-order valence-corrected chi connectivity index (χ2v) is 5.65. The fourth-order valence-corrected chi connectivity index (χ4v) is 2.93. The van der Waals surface area contributed by atoms with E-state index in [1.54, 1.807) is 11.3 Å². The van der Waals surface area contributed by atoms with Gasteiger partial charge in [0.05, 0.1) is 10.7 Å². The van der Waals surface area contributed by atoms with Crippen molar-refractivity contribution >= 4 is 23.1 Å². The molecule has 0 radical (unpaired) electrons. The average molecular weight is 228 g/mol. The van der Waals surface area contributed by atoms with Crippen molar-refractivity contribution in [2.75, 3.05) is 12.0 Å². The molecule has 2 N–H and O–H groups in total. The third-order valence-electron chi connectivity index (χ3n) is 2.48. The highest BCUT2D eigenvalue weighted by Gasteiger charge is 2.27. The Morgan fingerprint density at radius 1 is 1.71 bits per heavy atom. The minimum atomic E-state index is 0.145. The summed E-state index contributed by atoms with van der Waals surface area (Å²) in [6.07, 6.45) is 5.80. The van der Waals surface area contributed by atoms with Crippen LogP contribution in [0.3, 0.4) is 0 Å². The van der Waals surface area contributed by atoms with Crippen molar-refractivity contribution in [2.45, 2.75) is 31.2 Å². The fourth-order valence-electron chi connectivity index (χ4n) is 1.38. The lowest BCUT2D eigenvalue weighted by atomic mass is 10.2. The molecule has 2 rings (SSSR count). The summed E-state index contributed by atoms with van der Waals surface area (Å²) >= 11 is 3.63. The van der Waals surface area contributed by atoms with Crippen molar-refractivity contribution in [1.29, 1.82) is 0 Å². The van der Waals surface area contributed by atoms with Gasteiger partial charge in [-0.05, 0) is 31.3 Å². The number of nitrogens with two attached hydrogens (primary N) is 1. The van der Waals surface area contributed by atoms with Gasteiger partial charge in [0.2, 0.25) is 0 Å². The van der Waals surface area contributed by atoms with Crippen LogP contribution in [-0.2, 0) is 0 Å². The van der Waals surface area contributed by atoms with Gasteiger partial charge in [0.25, 0.3) is 0 Å². The van der Waals surface area contributed by atoms with Gasteiger partial charge in [-0.3, -0.25) is 0 Å². The number of nitrogens with zero attached hydrogens (tertiary/aromatic N) is 1. The van der Waals surface area contributed by atoms with Gasteiger partial charge in [0.1, 0.15) is 0 Å².